The van der Waals surface area contributed by atoms with Crippen molar-refractivity contribution in [2.75, 3.05) is 0 Å². The number of halogens is 4. The molecule has 0 spiro atoms. The van der Waals surface area contributed by atoms with Gasteiger partial charge in [0.2, 0.25) is 0 Å². The van der Waals surface area contributed by atoms with Crippen LogP contribution in [0.1, 0.15) is 37.1 Å². The Balaban J connectivity index is 2.78. The first kappa shape index (κ1) is 15.8. The molecule has 1 amide bonds. The zero-order chi connectivity index (χ0) is 14.6. The maximum atomic E-state index is 13.3. The second-order valence-electron chi connectivity index (χ2n) is 4.48. The highest BCUT2D eigenvalue weighted by Gasteiger charge is 2.26. The number of alkyl halides is 4. The second-order valence-corrected chi connectivity index (χ2v) is 4.74. The lowest BCUT2D eigenvalue weighted by atomic mass is 10.1. The summed E-state index contributed by atoms with van der Waals surface area (Å²) in [6, 6.07) is 1.42. The van der Waals surface area contributed by atoms with E-state index in [0.717, 1.165) is 13.8 Å². The second kappa shape index (κ2) is 6.23. The third-order valence-electron chi connectivity index (χ3n) is 2.40. The fourth-order valence-electron chi connectivity index (χ4n) is 1.36. The monoisotopic (exact) mass is 294 g/mol. The van der Waals surface area contributed by atoms with Crippen molar-refractivity contribution in [1.82, 2.24) is 10.3 Å². The van der Waals surface area contributed by atoms with Gasteiger partial charge in [-0.2, -0.15) is 0 Å². The summed E-state index contributed by atoms with van der Waals surface area (Å²) >= 11 is 5.56. The number of carbonyl (C=O) groups excluding carboxylic acids is 1. The van der Waals surface area contributed by atoms with E-state index in [-0.39, 0.29) is 23.7 Å². The minimum absolute atomic E-state index is 0.00654. The molecule has 0 radical (unpaired) electrons. The number of hydrogen-bond acceptors (Lipinski definition) is 2. The first-order chi connectivity index (χ1) is 8.75. The molecule has 1 heterocycles. The van der Waals surface area contributed by atoms with Crippen molar-refractivity contribution < 1.29 is 18.0 Å². The highest BCUT2D eigenvalue weighted by Crippen LogP contribution is 2.22. The molecular formula is C12H14ClF3N2O. The summed E-state index contributed by atoms with van der Waals surface area (Å²) in [4.78, 5) is 14.9. The van der Waals surface area contributed by atoms with E-state index in [9.17, 15) is 18.0 Å². The van der Waals surface area contributed by atoms with Crippen LogP contribution in [0.4, 0.5) is 13.2 Å². The Morgan fingerprint density at radius 1 is 1.53 bits per heavy atom. The largest absolute Gasteiger partial charge is 0.349 e. The lowest BCUT2D eigenvalue weighted by molar-refractivity contribution is -0.130. The van der Waals surface area contributed by atoms with Gasteiger partial charge in [-0.05, 0) is 31.0 Å². The predicted octanol–water partition coefficient (Wildman–Crippen LogP) is 3.12. The molecule has 3 nitrogen and oxygen atoms in total. The summed E-state index contributed by atoms with van der Waals surface area (Å²) in [6.45, 7) is 2.27. The molecule has 0 fully saturated rings. The van der Waals surface area contributed by atoms with Gasteiger partial charge in [0.25, 0.3) is 12.3 Å². The number of carbonyl (C=O) groups is 1. The van der Waals surface area contributed by atoms with Crippen molar-refractivity contribution in [2.45, 2.75) is 38.4 Å². The molecular weight excluding hydrogens is 281 g/mol. The maximum absolute atomic E-state index is 13.3. The summed E-state index contributed by atoms with van der Waals surface area (Å²) in [6.07, 6.45) is -1.49. The first-order valence-corrected chi connectivity index (χ1v) is 6.08. The average Bonchev–Trinajstić information content (AvgIpc) is 2.33. The summed E-state index contributed by atoms with van der Waals surface area (Å²) in [5.74, 6) is -0.888. The normalized spacial score (nSPS) is 11.7. The molecule has 1 N–H and O–H groups in total. The number of hydrogen-bond donors (Lipinski definition) is 1. The smallest absolute Gasteiger partial charge is 0.280 e. The summed E-state index contributed by atoms with van der Waals surface area (Å²) in [5.41, 5.74) is -1.69. The quantitative estimate of drug-likeness (QED) is 0.848. The van der Waals surface area contributed by atoms with Crippen LogP contribution in [0.15, 0.2) is 12.3 Å². The first-order valence-electron chi connectivity index (χ1n) is 5.54. The lowest BCUT2D eigenvalue weighted by Gasteiger charge is -2.14. The number of nitrogens with one attached hydrogen (secondary N) is 1. The Morgan fingerprint density at radius 2 is 2.16 bits per heavy atom. The molecule has 1 aromatic heterocycles. The molecule has 0 aliphatic carbocycles. The van der Waals surface area contributed by atoms with Crippen molar-refractivity contribution in [1.29, 1.82) is 0 Å². The Hall–Kier alpha value is -1.30. The number of aromatic nitrogens is 1. The van der Waals surface area contributed by atoms with Crippen LogP contribution in [-0.2, 0) is 17.2 Å². The summed E-state index contributed by atoms with van der Waals surface area (Å²) < 4.78 is 38.4. The molecule has 1 aromatic rings. The number of rotatable bonds is 5. The van der Waals surface area contributed by atoms with Crippen LogP contribution >= 0.6 is 11.6 Å². The van der Waals surface area contributed by atoms with Gasteiger partial charge in [-0.15, -0.1) is 11.6 Å². The van der Waals surface area contributed by atoms with Gasteiger partial charge in [0.1, 0.15) is 5.69 Å². The SMILES string of the molecule is CC(C)(F)C(=O)NCc1cnc(C(F)F)c(CCl)c1. The van der Waals surface area contributed by atoms with Crippen LogP contribution in [0.2, 0.25) is 0 Å². The highest BCUT2D eigenvalue weighted by atomic mass is 35.5. The molecule has 19 heavy (non-hydrogen) atoms. The van der Waals surface area contributed by atoms with Crippen molar-refractivity contribution in [2.24, 2.45) is 0 Å². The van der Waals surface area contributed by atoms with Gasteiger partial charge in [0.15, 0.2) is 5.67 Å². The van der Waals surface area contributed by atoms with Crippen molar-refractivity contribution in [3.8, 4) is 0 Å². The lowest BCUT2D eigenvalue weighted by Crippen LogP contribution is -2.38. The van der Waals surface area contributed by atoms with Gasteiger partial charge in [-0.3, -0.25) is 9.78 Å². The third-order valence-corrected chi connectivity index (χ3v) is 2.69. The van der Waals surface area contributed by atoms with Crippen molar-refractivity contribution >= 4 is 17.5 Å². The minimum Gasteiger partial charge on any atom is -0.349 e. The number of amides is 1. The van der Waals surface area contributed by atoms with E-state index in [1.807, 2.05) is 0 Å². The van der Waals surface area contributed by atoms with Crippen LogP contribution < -0.4 is 5.32 Å². The maximum Gasteiger partial charge on any atom is 0.280 e. The molecule has 0 aliphatic heterocycles. The molecule has 106 valence electrons. The minimum atomic E-state index is -2.71. The molecule has 7 heteroatoms. The molecule has 0 bridgehead atoms. The van der Waals surface area contributed by atoms with E-state index >= 15 is 0 Å². The fraction of sp³-hybridized carbons (Fsp3) is 0.500. The zero-order valence-electron chi connectivity index (χ0n) is 10.5. The highest BCUT2D eigenvalue weighted by molar-refractivity contribution is 6.17. The topological polar surface area (TPSA) is 42.0 Å². The Morgan fingerprint density at radius 3 is 2.63 bits per heavy atom. The Bertz CT molecular complexity index is 461. The van der Waals surface area contributed by atoms with E-state index in [1.54, 1.807) is 0 Å². The van der Waals surface area contributed by atoms with Gasteiger partial charge < -0.3 is 5.32 Å². The predicted molar refractivity (Wildman–Crippen MR) is 65.8 cm³/mol. The average molecular weight is 295 g/mol. The van der Waals surface area contributed by atoms with Crippen molar-refractivity contribution in [3.63, 3.8) is 0 Å². The van der Waals surface area contributed by atoms with E-state index in [0.29, 0.717) is 5.56 Å². The Kier molecular flexibility index (Phi) is 5.17. The van der Waals surface area contributed by atoms with E-state index in [2.05, 4.69) is 10.3 Å². The molecule has 0 unspecified atom stereocenters. The van der Waals surface area contributed by atoms with E-state index in [1.165, 1.54) is 12.3 Å². The van der Waals surface area contributed by atoms with Gasteiger partial charge in [0.05, 0.1) is 0 Å². The molecule has 0 aliphatic rings. The van der Waals surface area contributed by atoms with Crippen LogP contribution in [0.5, 0.6) is 0 Å². The summed E-state index contributed by atoms with van der Waals surface area (Å²) in [5, 5.41) is 2.35. The molecule has 0 saturated carbocycles. The van der Waals surface area contributed by atoms with E-state index in [4.69, 9.17) is 11.6 Å². The van der Waals surface area contributed by atoms with Crippen molar-refractivity contribution in [3.05, 3.63) is 29.1 Å². The summed E-state index contributed by atoms with van der Waals surface area (Å²) in [7, 11) is 0. The van der Waals surface area contributed by atoms with Crippen LogP contribution in [0.3, 0.4) is 0 Å². The standard InChI is InChI=1S/C12H14ClF3N2O/c1-12(2,16)11(19)18-6-7-3-8(4-13)9(10(14)15)17-5-7/h3,5,10H,4,6H2,1-2H3,(H,18,19). The van der Waals surface area contributed by atoms with Gasteiger partial charge >= 0.3 is 0 Å². The van der Waals surface area contributed by atoms with Gasteiger partial charge in [-0.25, -0.2) is 13.2 Å². The Labute approximate surface area is 114 Å². The molecule has 0 atom stereocenters. The fourth-order valence-corrected chi connectivity index (χ4v) is 1.58. The van der Waals surface area contributed by atoms with Gasteiger partial charge in [-0.1, -0.05) is 0 Å². The molecule has 1 rings (SSSR count). The van der Waals surface area contributed by atoms with Gasteiger partial charge in [0, 0.05) is 18.6 Å². The third kappa shape index (κ3) is 4.38. The number of nitrogens with zero attached hydrogens (tertiary/aromatic N) is 1. The van der Waals surface area contributed by atoms with Crippen LogP contribution in [0.25, 0.3) is 0 Å². The van der Waals surface area contributed by atoms with Crippen LogP contribution in [-0.4, -0.2) is 16.6 Å². The molecule has 0 aromatic carbocycles. The molecule has 0 saturated heterocycles. The van der Waals surface area contributed by atoms with E-state index < -0.39 is 18.0 Å². The number of pyridine rings is 1. The van der Waals surface area contributed by atoms with Crippen LogP contribution in [0, 0.1) is 0 Å². The zero-order valence-corrected chi connectivity index (χ0v) is 11.3.